The van der Waals surface area contributed by atoms with Crippen LogP contribution in [0.2, 0.25) is 0 Å². The Hall–Kier alpha value is -2.10. The van der Waals surface area contributed by atoms with Crippen LogP contribution in [0.5, 0.6) is 0 Å². The lowest BCUT2D eigenvalue weighted by Gasteiger charge is -2.22. The molecular formula is C17H18FNO2. The fourth-order valence-electron chi connectivity index (χ4n) is 2.47. The number of carbonyl (C=O) groups excluding carboxylic acids is 1. The molecule has 1 fully saturated rings. The number of hydrogen-bond acceptors (Lipinski definition) is 2. The second-order valence-corrected chi connectivity index (χ2v) is 5.46. The molecule has 3 rings (SSSR count). The smallest absolute Gasteiger partial charge is 0.223 e. The first-order valence-corrected chi connectivity index (χ1v) is 7.28. The molecule has 1 aliphatic carbocycles. The maximum Gasteiger partial charge on any atom is 0.223 e. The first-order valence-electron chi connectivity index (χ1n) is 7.28. The summed E-state index contributed by atoms with van der Waals surface area (Å²) in [5, 5.41) is 0. The van der Waals surface area contributed by atoms with E-state index >= 15 is 0 Å². The molecule has 0 spiro atoms. The molecule has 0 atom stereocenters. The van der Waals surface area contributed by atoms with Crippen LogP contribution in [0, 0.1) is 5.82 Å². The Kier molecular flexibility index (Phi) is 4.04. The van der Waals surface area contributed by atoms with Gasteiger partial charge in [-0.15, -0.1) is 0 Å². The van der Waals surface area contributed by atoms with Crippen molar-refractivity contribution < 1.29 is 13.6 Å². The Morgan fingerprint density at radius 2 is 2.14 bits per heavy atom. The number of aryl methyl sites for hydroxylation is 1. The predicted octanol–water partition coefficient (Wildman–Crippen LogP) is 3.54. The van der Waals surface area contributed by atoms with Crippen molar-refractivity contribution in [2.75, 3.05) is 0 Å². The van der Waals surface area contributed by atoms with Gasteiger partial charge in [-0.3, -0.25) is 4.79 Å². The molecule has 0 aliphatic heterocycles. The Bertz CT molecular complexity index is 605. The van der Waals surface area contributed by atoms with Crippen molar-refractivity contribution in [3.63, 3.8) is 0 Å². The molecule has 0 unspecified atom stereocenters. The first kappa shape index (κ1) is 13.9. The lowest BCUT2D eigenvalue weighted by Crippen LogP contribution is -2.32. The molecule has 0 saturated heterocycles. The van der Waals surface area contributed by atoms with Crippen LogP contribution >= 0.6 is 0 Å². The van der Waals surface area contributed by atoms with Gasteiger partial charge in [0.15, 0.2) is 0 Å². The Balaban J connectivity index is 1.62. The molecule has 2 aromatic rings. The number of furan rings is 1. The van der Waals surface area contributed by atoms with Crippen molar-refractivity contribution in [2.24, 2.45) is 0 Å². The molecule has 110 valence electrons. The minimum absolute atomic E-state index is 0.109. The molecule has 1 aromatic heterocycles. The molecule has 0 N–H and O–H groups in total. The van der Waals surface area contributed by atoms with E-state index in [1.54, 1.807) is 12.3 Å². The maximum atomic E-state index is 13.3. The van der Waals surface area contributed by atoms with E-state index in [4.69, 9.17) is 4.42 Å². The predicted molar refractivity (Wildman–Crippen MR) is 77.0 cm³/mol. The van der Waals surface area contributed by atoms with Crippen molar-refractivity contribution in [1.82, 2.24) is 4.90 Å². The zero-order chi connectivity index (χ0) is 14.7. The van der Waals surface area contributed by atoms with Crippen molar-refractivity contribution in [1.29, 1.82) is 0 Å². The highest BCUT2D eigenvalue weighted by Gasteiger charge is 2.32. The Morgan fingerprint density at radius 1 is 1.29 bits per heavy atom. The van der Waals surface area contributed by atoms with Crippen LogP contribution < -0.4 is 0 Å². The van der Waals surface area contributed by atoms with Gasteiger partial charge >= 0.3 is 0 Å². The molecule has 4 heteroatoms. The van der Waals surface area contributed by atoms with E-state index in [1.807, 2.05) is 23.1 Å². The van der Waals surface area contributed by atoms with Crippen LogP contribution in [0.3, 0.4) is 0 Å². The van der Waals surface area contributed by atoms with Crippen molar-refractivity contribution in [3.8, 4) is 0 Å². The van der Waals surface area contributed by atoms with Crippen molar-refractivity contribution in [3.05, 3.63) is 59.8 Å². The molecule has 1 aliphatic rings. The third-order valence-corrected chi connectivity index (χ3v) is 3.72. The second-order valence-electron chi connectivity index (χ2n) is 5.46. The summed E-state index contributed by atoms with van der Waals surface area (Å²) in [6.45, 7) is 0.486. The van der Waals surface area contributed by atoms with E-state index in [0.717, 1.165) is 24.2 Å². The Morgan fingerprint density at radius 3 is 2.81 bits per heavy atom. The summed E-state index contributed by atoms with van der Waals surface area (Å²) in [4.78, 5) is 14.3. The van der Waals surface area contributed by atoms with Gasteiger partial charge in [-0.25, -0.2) is 4.39 Å². The van der Waals surface area contributed by atoms with Gasteiger partial charge in [0.1, 0.15) is 11.6 Å². The van der Waals surface area contributed by atoms with Crippen LogP contribution in [-0.2, 0) is 17.8 Å². The minimum atomic E-state index is -0.258. The number of carbonyl (C=O) groups is 1. The summed E-state index contributed by atoms with van der Waals surface area (Å²) in [7, 11) is 0. The number of hydrogen-bond donors (Lipinski definition) is 0. The van der Waals surface area contributed by atoms with E-state index in [-0.39, 0.29) is 11.7 Å². The van der Waals surface area contributed by atoms with Gasteiger partial charge in [-0.05, 0) is 42.7 Å². The third-order valence-electron chi connectivity index (χ3n) is 3.72. The minimum Gasteiger partial charge on any atom is -0.469 e. The van der Waals surface area contributed by atoms with Crippen molar-refractivity contribution >= 4 is 5.91 Å². The maximum absolute atomic E-state index is 13.3. The van der Waals surface area contributed by atoms with Crippen LogP contribution in [0.1, 0.15) is 30.6 Å². The number of rotatable bonds is 6. The molecule has 1 heterocycles. The second kappa shape index (κ2) is 6.12. The summed E-state index contributed by atoms with van der Waals surface area (Å²) in [6, 6.07) is 10.5. The van der Waals surface area contributed by atoms with Gasteiger partial charge in [-0.2, -0.15) is 0 Å². The zero-order valence-corrected chi connectivity index (χ0v) is 11.8. The first-order chi connectivity index (χ1) is 10.2. The molecule has 1 aromatic carbocycles. The van der Waals surface area contributed by atoms with E-state index in [1.165, 1.54) is 12.1 Å². The summed E-state index contributed by atoms with van der Waals surface area (Å²) in [6.07, 6.45) is 4.74. The van der Waals surface area contributed by atoms with Gasteiger partial charge in [0, 0.05) is 25.4 Å². The average Bonchev–Trinajstić information content (AvgIpc) is 3.18. The van der Waals surface area contributed by atoms with Gasteiger partial charge in [0.2, 0.25) is 5.91 Å². The van der Waals surface area contributed by atoms with Gasteiger partial charge in [0.25, 0.3) is 0 Å². The van der Waals surface area contributed by atoms with E-state index in [0.29, 0.717) is 25.4 Å². The lowest BCUT2D eigenvalue weighted by molar-refractivity contribution is -0.132. The number of nitrogens with zero attached hydrogens (tertiary/aromatic N) is 1. The molecule has 0 bridgehead atoms. The van der Waals surface area contributed by atoms with Gasteiger partial charge < -0.3 is 9.32 Å². The highest BCUT2D eigenvalue weighted by Crippen LogP contribution is 2.29. The summed E-state index contributed by atoms with van der Waals surface area (Å²) >= 11 is 0. The molecule has 1 amide bonds. The summed E-state index contributed by atoms with van der Waals surface area (Å²) in [5.74, 6) is 0.675. The van der Waals surface area contributed by atoms with E-state index in [9.17, 15) is 9.18 Å². The fourth-order valence-corrected chi connectivity index (χ4v) is 2.47. The van der Waals surface area contributed by atoms with Crippen LogP contribution in [0.25, 0.3) is 0 Å². The SMILES string of the molecule is O=C(CCc1ccco1)N(Cc1cccc(F)c1)C1CC1. The highest BCUT2D eigenvalue weighted by molar-refractivity contribution is 5.77. The molecule has 21 heavy (non-hydrogen) atoms. The largest absolute Gasteiger partial charge is 0.469 e. The quantitative estimate of drug-likeness (QED) is 0.814. The molecular weight excluding hydrogens is 269 g/mol. The number of benzene rings is 1. The third kappa shape index (κ3) is 3.72. The number of halogens is 1. The lowest BCUT2D eigenvalue weighted by atomic mass is 10.1. The van der Waals surface area contributed by atoms with E-state index < -0.39 is 0 Å². The Labute approximate surface area is 123 Å². The van der Waals surface area contributed by atoms with Crippen LogP contribution in [-0.4, -0.2) is 16.8 Å². The monoisotopic (exact) mass is 287 g/mol. The van der Waals surface area contributed by atoms with E-state index in [2.05, 4.69) is 0 Å². The summed E-state index contributed by atoms with van der Waals surface area (Å²) in [5.41, 5.74) is 0.841. The fraction of sp³-hybridized carbons (Fsp3) is 0.353. The standard InChI is InChI=1S/C17H18FNO2/c18-14-4-1-3-13(11-14)12-19(15-6-7-15)17(20)9-8-16-5-2-10-21-16/h1-5,10-11,15H,6-9,12H2. The highest BCUT2D eigenvalue weighted by atomic mass is 19.1. The van der Waals surface area contributed by atoms with Gasteiger partial charge in [-0.1, -0.05) is 12.1 Å². The summed E-state index contributed by atoms with van der Waals surface area (Å²) < 4.78 is 18.5. The van der Waals surface area contributed by atoms with Gasteiger partial charge in [0.05, 0.1) is 6.26 Å². The van der Waals surface area contributed by atoms with Crippen LogP contribution in [0.15, 0.2) is 47.1 Å². The topological polar surface area (TPSA) is 33.5 Å². The average molecular weight is 287 g/mol. The normalized spacial score (nSPS) is 14.1. The zero-order valence-electron chi connectivity index (χ0n) is 11.8. The number of amides is 1. The molecule has 1 saturated carbocycles. The van der Waals surface area contributed by atoms with Crippen LogP contribution in [0.4, 0.5) is 4.39 Å². The molecule has 3 nitrogen and oxygen atoms in total. The molecule has 0 radical (unpaired) electrons. The van der Waals surface area contributed by atoms with Crippen molar-refractivity contribution in [2.45, 2.75) is 38.3 Å².